The first-order chi connectivity index (χ1) is 11.6. The number of nitrogens with one attached hydrogen (secondary N) is 2. The van der Waals surface area contributed by atoms with Crippen LogP contribution in [0.5, 0.6) is 0 Å². The molecule has 1 atom stereocenters. The minimum absolute atomic E-state index is 0.0175. The number of rotatable bonds is 5. The molecule has 0 aromatic heterocycles. The quantitative estimate of drug-likeness (QED) is 0.882. The summed E-state index contributed by atoms with van der Waals surface area (Å²) in [6.07, 6.45) is 2.07. The fourth-order valence-electron chi connectivity index (χ4n) is 3.24. The van der Waals surface area contributed by atoms with E-state index < -0.39 is 0 Å². The van der Waals surface area contributed by atoms with Crippen LogP contribution in [0.3, 0.4) is 0 Å². The van der Waals surface area contributed by atoms with Gasteiger partial charge in [0.25, 0.3) is 5.91 Å². The first-order valence-electron chi connectivity index (χ1n) is 8.83. The van der Waals surface area contributed by atoms with E-state index in [4.69, 9.17) is 0 Å². The second-order valence-electron chi connectivity index (χ2n) is 7.04. The Morgan fingerprint density at radius 3 is 2.62 bits per heavy atom. The molecule has 3 rings (SSSR count). The molecule has 24 heavy (non-hydrogen) atoms. The summed E-state index contributed by atoms with van der Waals surface area (Å²) in [5.74, 6) is 0.654. The molecule has 2 N–H and O–H groups in total. The highest BCUT2D eigenvalue weighted by Crippen LogP contribution is 2.23. The molecule has 1 fully saturated rings. The maximum atomic E-state index is 12.5. The van der Waals surface area contributed by atoms with Gasteiger partial charge in [0.05, 0.1) is 0 Å². The lowest BCUT2D eigenvalue weighted by Gasteiger charge is -2.12. The fourth-order valence-corrected chi connectivity index (χ4v) is 3.24. The second kappa shape index (κ2) is 7.63. The van der Waals surface area contributed by atoms with Crippen LogP contribution in [0.1, 0.15) is 36.2 Å². The van der Waals surface area contributed by atoms with Crippen molar-refractivity contribution in [2.45, 2.75) is 32.7 Å². The molecule has 0 unspecified atom stereocenters. The van der Waals surface area contributed by atoms with Crippen LogP contribution >= 0.6 is 0 Å². The van der Waals surface area contributed by atoms with Gasteiger partial charge < -0.3 is 10.6 Å². The topological polar surface area (TPSA) is 41.1 Å². The monoisotopic (exact) mass is 322 g/mol. The van der Waals surface area contributed by atoms with Crippen LogP contribution in [0.2, 0.25) is 0 Å². The Labute approximate surface area is 144 Å². The average molecular weight is 322 g/mol. The van der Waals surface area contributed by atoms with Crippen molar-refractivity contribution in [2.75, 3.05) is 13.1 Å². The van der Waals surface area contributed by atoms with E-state index in [9.17, 15) is 4.79 Å². The van der Waals surface area contributed by atoms with Crippen LogP contribution in [-0.2, 0) is 6.42 Å². The average Bonchev–Trinajstić information content (AvgIpc) is 3.07. The Balaban J connectivity index is 1.78. The molecule has 3 nitrogen and oxygen atoms in total. The Hall–Kier alpha value is -2.13. The van der Waals surface area contributed by atoms with Gasteiger partial charge in [-0.05, 0) is 54.1 Å². The smallest absolute Gasteiger partial charge is 0.251 e. The molecule has 0 aliphatic carbocycles. The summed E-state index contributed by atoms with van der Waals surface area (Å²) >= 11 is 0. The maximum Gasteiger partial charge on any atom is 0.251 e. The van der Waals surface area contributed by atoms with Crippen molar-refractivity contribution in [3.63, 3.8) is 0 Å². The summed E-state index contributed by atoms with van der Waals surface area (Å²) in [5, 5.41) is 6.38. The van der Waals surface area contributed by atoms with Crippen molar-refractivity contribution in [3.05, 3.63) is 59.7 Å². The zero-order chi connectivity index (χ0) is 16.9. The highest BCUT2D eigenvalue weighted by atomic mass is 16.1. The van der Waals surface area contributed by atoms with Crippen molar-refractivity contribution in [2.24, 2.45) is 5.92 Å². The lowest BCUT2D eigenvalue weighted by atomic mass is 9.97. The maximum absolute atomic E-state index is 12.5. The third kappa shape index (κ3) is 4.24. The summed E-state index contributed by atoms with van der Waals surface area (Å²) in [4.78, 5) is 12.5. The van der Waals surface area contributed by atoms with E-state index in [-0.39, 0.29) is 11.9 Å². The molecule has 0 bridgehead atoms. The summed E-state index contributed by atoms with van der Waals surface area (Å²) in [5.41, 5.74) is 4.34. The zero-order valence-corrected chi connectivity index (χ0v) is 14.5. The van der Waals surface area contributed by atoms with Gasteiger partial charge in [-0.1, -0.05) is 50.2 Å². The van der Waals surface area contributed by atoms with Gasteiger partial charge in [0.1, 0.15) is 0 Å². The van der Waals surface area contributed by atoms with Crippen LogP contribution in [0.25, 0.3) is 11.1 Å². The third-order valence-electron chi connectivity index (χ3n) is 4.42. The minimum atomic E-state index is 0.0175. The van der Waals surface area contributed by atoms with Crippen molar-refractivity contribution < 1.29 is 4.79 Å². The van der Waals surface area contributed by atoms with Gasteiger partial charge in [-0.15, -0.1) is 0 Å². The van der Waals surface area contributed by atoms with Crippen LogP contribution in [0.15, 0.2) is 48.5 Å². The first kappa shape index (κ1) is 16.7. The predicted octanol–water partition coefficient (Wildman–Crippen LogP) is 3.64. The van der Waals surface area contributed by atoms with Gasteiger partial charge >= 0.3 is 0 Å². The molecule has 0 radical (unpaired) electrons. The molecule has 0 saturated carbocycles. The van der Waals surface area contributed by atoms with Gasteiger partial charge in [0.15, 0.2) is 0 Å². The molecule has 1 aliphatic heterocycles. The van der Waals surface area contributed by atoms with Crippen molar-refractivity contribution in [3.8, 4) is 11.1 Å². The standard InChI is InChI=1S/C21H26N2O/c1-15(2)11-16-5-3-6-17(12-16)18-7-4-8-19(13-18)21(24)23-20-9-10-22-14-20/h3-8,12-13,15,20,22H,9-11,14H2,1-2H3,(H,23,24)/t20-/m0/s1. The number of amides is 1. The Kier molecular flexibility index (Phi) is 5.31. The zero-order valence-electron chi connectivity index (χ0n) is 14.5. The normalized spacial score (nSPS) is 17.2. The highest BCUT2D eigenvalue weighted by molar-refractivity contribution is 5.95. The van der Waals surface area contributed by atoms with Gasteiger partial charge in [-0.3, -0.25) is 4.79 Å². The van der Waals surface area contributed by atoms with Gasteiger partial charge in [0.2, 0.25) is 0 Å². The minimum Gasteiger partial charge on any atom is -0.348 e. The summed E-state index contributed by atoms with van der Waals surface area (Å²) in [6.45, 7) is 6.31. The number of carbonyl (C=O) groups excluding carboxylic acids is 1. The molecular weight excluding hydrogens is 296 g/mol. The molecule has 1 heterocycles. The molecule has 1 saturated heterocycles. The van der Waals surface area contributed by atoms with Crippen LogP contribution in [0.4, 0.5) is 0 Å². The summed E-state index contributed by atoms with van der Waals surface area (Å²) < 4.78 is 0. The van der Waals surface area contributed by atoms with Gasteiger partial charge in [0, 0.05) is 18.2 Å². The van der Waals surface area contributed by atoms with Gasteiger partial charge in [-0.2, -0.15) is 0 Å². The summed E-state index contributed by atoms with van der Waals surface area (Å²) in [7, 11) is 0. The number of hydrogen-bond acceptors (Lipinski definition) is 2. The van der Waals surface area contributed by atoms with E-state index in [0.29, 0.717) is 5.92 Å². The van der Waals surface area contributed by atoms with E-state index in [0.717, 1.165) is 37.1 Å². The van der Waals surface area contributed by atoms with E-state index in [1.807, 2.05) is 18.2 Å². The predicted molar refractivity (Wildman–Crippen MR) is 99.2 cm³/mol. The Morgan fingerprint density at radius 2 is 1.92 bits per heavy atom. The molecular formula is C21H26N2O. The lowest BCUT2D eigenvalue weighted by molar-refractivity contribution is 0.0940. The van der Waals surface area contributed by atoms with E-state index in [1.54, 1.807) is 0 Å². The van der Waals surface area contributed by atoms with E-state index in [1.165, 1.54) is 11.1 Å². The van der Waals surface area contributed by atoms with Crippen LogP contribution in [-0.4, -0.2) is 25.0 Å². The van der Waals surface area contributed by atoms with E-state index >= 15 is 0 Å². The molecule has 1 amide bonds. The largest absolute Gasteiger partial charge is 0.348 e. The Morgan fingerprint density at radius 1 is 1.17 bits per heavy atom. The third-order valence-corrected chi connectivity index (χ3v) is 4.42. The van der Waals surface area contributed by atoms with Gasteiger partial charge in [-0.25, -0.2) is 0 Å². The second-order valence-corrected chi connectivity index (χ2v) is 7.04. The summed E-state index contributed by atoms with van der Waals surface area (Å²) in [6, 6.07) is 16.8. The molecule has 3 heteroatoms. The van der Waals surface area contributed by atoms with Crippen LogP contribution in [0, 0.1) is 5.92 Å². The molecule has 2 aromatic rings. The van der Waals surface area contributed by atoms with E-state index in [2.05, 4.69) is 54.8 Å². The van der Waals surface area contributed by atoms with Crippen LogP contribution < -0.4 is 10.6 Å². The Bertz CT molecular complexity index is 702. The molecule has 2 aromatic carbocycles. The molecule has 0 spiro atoms. The lowest BCUT2D eigenvalue weighted by Crippen LogP contribution is -2.36. The fraction of sp³-hybridized carbons (Fsp3) is 0.381. The van der Waals surface area contributed by atoms with Crippen molar-refractivity contribution >= 4 is 5.91 Å². The molecule has 1 aliphatic rings. The number of carbonyl (C=O) groups is 1. The number of hydrogen-bond donors (Lipinski definition) is 2. The SMILES string of the molecule is CC(C)Cc1cccc(-c2cccc(C(=O)N[C@H]3CCNC3)c2)c1. The van der Waals surface area contributed by atoms with Crippen molar-refractivity contribution in [1.82, 2.24) is 10.6 Å². The first-order valence-corrected chi connectivity index (χ1v) is 8.83. The number of benzene rings is 2. The highest BCUT2D eigenvalue weighted by Gasteiger charge is 2.17. The van der Waals surface area contributed by atoms with Crippen molar-refractivity contribution in [1.29, 1.82) is 0 Å². The molecule has 126 valence electrons.